The maximum atomic E-state index is 13.5. The number of hydrogen-bond acceptors (Lipinski definition) is 2. The molecule has 0 fully saturated rings. The van der Waals surface area contributed by atoms with E-state index in [2.05, 4.69) is 5.32 Å². The number of aryl methyl sites for hydroxylation is 1. The summed E-state index contributed by atoms with van der Waals surface area (Å²) in [5.74, 6) is -0.594. The van der Waals surface area contributed by atoms with Gasteiger partial charge in [0, 0.05) is 29.4 Å². The highest BCUT2D eigenvalue weighted by molar-refractivity contribution is 7.84. The van der Waals surface area contributed by atoms with Crippen LogP contribution in [0.4, 0.5) is 4.39 Å². The van der Waals surface area contributed by atoms with Crippen molar-refractivity contribution >= 4 is 16.7 Å². The van der Waals surface area contributed by atoms with Gasteiger partial charge in [0.2, 0.25) is 0 Å². The highest BCUT2D eigenvalue weighted by Gasteiger charge is 2.12. The molecular formula is C11H14FNO2S. The first-order valence-electron chi connectivity index (χ1n) is 4.85. The van der Waals surface area contributed by atoms with Gasteiger partial charge in [-0.15, -0.1) is 0 Å². The van der Waals surface area contributed by atoms with Crippen LogP contribution in [0.5, 0.6) is 0 Å². The van der Waals surface area contributed by atoms with Crippen LogP contribution in [0.1, 0.15) is 15.9 Å². The number of benzene rings is 1. The monoisotopic (exact) mass is 243 g/mol. The number of nitrogens with one attached hydrogen (secondary N) is 1. The number of halogens is 1. The van der Waals surface area contributed by atoms with E-state index in [1.165, 1.54) is 6.07 Å². The molecule has 0 bridgehead atoms. The molecule has 0 aromatic heterocycles. The third-order valence-electron chi connectivity index (χ3n) is 2.11. The van der Waals surface area contributed by atoms with Gasteiger partial charge in [-0.25, -0.2) is 4.39 Å². The van der Waals surface area contributed by atoms with Crippen LogP contribution in [-0.4, -0.2) is 28.7 Å². The number of rotatable bonds is 4. The van der Waals surface area contributed by atoms with E-state index in [-0.39, 0.29) is 12.1 Å². The minimum absolute atomic E-state index is 0.0295. The first kappa shape index (κ1) is 12.8. The molecular weight excluding hydrogens is 229 g/mol. The zero-order valence-electron chi connectivity index (χ0n) is 9.25. The Kier molecular flexibility index (Phi) is 4.61. The first-order chi connectivity index (χ1) is 7.52. The highest BCUT2D eigenvalue weighted by Crippen LogP contribution is 2.11. The van der Waals surface area contributed by atoms with Crippen molar-refractivity contribution in [3.63, 3.8) is 0 Å². The van der Waals surface area contributed by atoms with Crippen molar-refractivity contribution in [3.05, 3.63) is 35.1 Å². The van der Waals surface area contributed by atoms with Gasteiger partial charge in [-0.2, -0.15) is 0 Å². The lowest BCUT2D eigenvalue weighted by atomic mass is 10.1. The maximum Gasteiger partial charge on any atom is 0.254 e. The molecule has 1 amide bonds. The van der Waals surface area contributed by atoms with Crippen molar-refractivity contribution in [3.8, 4) is 0 Å². The highest BCUT2D eigenvalue weighted by atomic mass is 32.2. The standard InChI is InChI=1S/C11H14FNO2S/c1-8-4-3-5-9(10(8)12)11(14)13-6-7-16(2)15/h3-5H,6-7H2,1-2H3,(H,13,14). The molecule has 1 rings (SSSR count). The molecule has 0 aliphatic heterocycles. The fourth-order valence-electron chi connectivity index (χ4n) is 1.23. The molecule has 1 aromatic rings. The van der Waals surface area contributed by atoms with Gasteiger partial charge < -0.3 is 5.32 Å². The second-order valence-electron chi connectivity index (χ2n) is 3.47. The topological polar surface area (TPSA) is 46.2 Å². The van der Waals surface area contributed by atoms with Gasteiger partial charge in [-0.3, -0.25) is 9.00 Å². The van der Waals surface area contributed by atoms with Gasteiger partial charge in [0.25, 0.3) is 5.91 Å². The summed E-state index contributed by atoms with van der Waals surface area (Å²) < 4.78 is 24.3. The summed E-state index contributed by atoms with van der Waals surface area (Å²) in [7, 11) is -0.957. The van der Waals surface area contributed by atoms with Gasteiger partial charge in [-0.05, 0) is 18.6 Å². The van der Waals surface area contributed by atoms with Crippen molar-refractivity contribution in [2.75, 3.05) is 18.6 Å². The Balaban J connectivity index is 2.66. The molecule has 1 unspecified atom stereocenters. The molecule has 0 aliphatic carbocycles. The summed E-state index contributed by atoms with van der Waals surface area (Å²) in [5.41, 5.74) is 0.466. The molecule has 0 radical (unpaired) electrons. The third kappa shape index (κ3) is 3.41. The Labute approximate surface area is 96.5 Å². The van der Waals surface area contributed by atoms with E-state index in [0.29, 0.717) is 11.3 Å². The molecule has 0 saturated carbocycles. The second kappa shape index (κ2) is 5.75. The number of amides is 1. The quantitative estimate of drug-likeness (QED) is 0.865. The molecule has 1 N–H and O–H groups in total. The van der Waals surface area contributed by atoms with Crippen LogP contribution in [0.15, 0.2) is 18.2 Å². The summed E-state index contributed by atoms with van der Waals surface area (Å²) in [5, 5.41) is 2.53. The molecule has 1 atom stereocenters. The average Bonchev–Trinajstić information content (AvgIpc) is 2.21. The SMILES string of the molecule is Cc1cccc(C(=O)NCCS(C)=O)c1F. The molecule has 0 spiro atoms. The van der Waals surface area contributed by atoms with Crippen molar-refractivity contribution in [2.24, 2.45) is 0 Å². The van der Waals surface area contributed by atoms with Crippen LogP contribution in [0.3, 0.4) is 0 Å². The fourth-order valence-corrected chi connectivity index (χ4v) is 1.62. The predicted octanol–water partition coefficient (Wildman–Crippen LogP) is 1.24. The lowest BCUT2D eigenvalue weighted by Crippen LogP contribution is -2.28. The number of carbonyl (C=O) groups is 1. The average molecular weight is 243 g/mol. The summed E-state index contributed by atoms with van der Waals surface area (Å²) in [6.45, 7) is 1.89. The Hall–Kier alpha value is -1.23. The molecule has 3 nitrogen and oxygen atoms in total. The smallest absolute Gasteiger partial charge is 0.254 e. The van der Waals surface area contributed by atoms with E-state index in [1.54, 1.807) is 25.3 Å². The summed E-state index contributed by atoms with van der Waals surface area (Å²) in [6.07, 6.45) is 1.55. The van der Waals surface area contributed by atoms with Gasteiger partial charge in [0.1, 0.15) is 5.82 Å². The second-order valence-corrected chi connectivity index (χ2v) is 5.02. The fraction of sp³-hybridized carbons (Fsp3) is 0.364. The molecule has 0 aliphatic rings. The van der Waals surface area contributed by atoms with Crippen LogP contribution in [-0.2, 0) is 10.8 Å². The molecule has 0 saturated heterocycles. The van der Waals surface area contributed by atoms with Gasteiger partial charge >= 0.3 is 0 Å². The van der Waals surface area contributed by atoms with Crippen LogP contribution >= 0.6 is 0 Å². The van der Waals surface area contributed by atoms with Gasteiger partial charge in [0.05, 0.1) is 5.56 Å². The van der Waals surface area contributed by atoms with Crippen LogP contribution < -0.4 is 5.32 Å². The van der Waals surface area contributed by atoms with E-state index in [4.69, 9.17) is 0 Å². The molecule has 16 heavy (non-hydrogen) atoms. The van der Waals surface area contributed by atoms with Crippen LogP contribution in [0.2, 0.25) is 0 Å². The molecule has 88 valence electrons. The zero-order chi connectivity index (χ0) is 12.1. The summed E-state index contributed by atoms with van der Waals surface area (Å²) in [6, 6.07) is 4.67. The zero-order valence-corrected chi connectivity index (χ0v) is 10.1. The van der Waals surface area contributed by atoms with E-state index < -0.39 is 22.5 Å². The van der Waals surface area contributed by atoms with Crippen LogP contribution in [0.25, 0.3) is 0 Å². The Morgan fingerprint density at radius 3 is 2.81 bits per heavy atom. The van der Waals surface area contributed by atoms with E-state index in [1.807, 2.05) is 0 Å². The van der Waals surface area contributed by atoms with Gasteiger partial charge in [0.15, 0.2) is 0 Å². The number of hydrogen-bond donors (Lipinski definition) is 1. The minimum Gasteiger partial charge on any atom is -0.351 e. The Morgan fingerprint density at radius 1 is 1.50 bits per heavy atom. The largest absolute Gasteiger partial charge is 0.351 e. The van der Waals surface area contributed by atoms with Crippen molar-refractivity contribution in [2.45, 2.75) is 6.92 Å². The third-order valence-corrected chi connectivity index (χ3v) is 2.89. The summed E-state index contributed by atoms with van der Waals surface area (Å²) in [4.78, 5) is 11.5. The van der Waals surface area contributed by atoms with Gasteiger partial charge in [-0.1, -0.05) is 12.1 Å². The van der Waals surface area contributed by atoms with E-state index in [9.17, 15) is 13.4 Å². The Bertz CT molecular complexity index is 420. The number of carbonyl (C=O) groups excluding carboxylic acids is 1. The predicted molar refractivity (Wildman–Crippen MR) is 62.4 cm³/mol. The van der Waals surface area contributed by atoms with E-state index >= 15 is 0 Å². The lowest BCUT2D eigenvalue weighted by molar-refractivity contribution is 0.0952. The van der Waals surface area contributed by atoms with Crippen molar-refractivity contribution in [1.29, 1.82) is 0 Å². The Morgan fingerprint density at radius 2 is 2.19 bits per heavy atom. The normalized spacial score (nSPS) is 12.2. The van der Waals surface area contributed by atoms with Crippen LogP contribution in [0, 0.1) is 12.7 Å². The summed E-state index contributed by atoms with van der Waals surface area (Å²) >= 11 is 0. The lowest BCUT2D eigenvalue weighted by Gasteiger charge is -2.06. The van der Waals surface area contributed by atoms with Crippen molar-refractivity contribution in [1.82, 2.24) is 5.32 Å². The maximum absolute atomic E-state index is 13.5. The molecule has 0 heterocycles. The minimum atomic E-state index is -0.957. The van der Waals surface area contributed by atoms with E-state index in [0.717, 1.165) is 0 Å². The molecule has 1 aromatic carbocycles. The molecule has 5 heteroatoms. The first-order valence-corrected chi connectivity index (χ1v) is 6.58. The van der Waals surface area contributed by atoms with Crippen molar-refractivity contribution < 1.29 is 13.4 Å².